The monoisotopic (exact) mass is 380 g/mol. The van der Waals surface area contributed by atoms with Crippen molar-refractivity contribution in [1.29, 1.82) is 0 Å². The zero-order valence-electron chi connectivity index (χ0n) is 13.5. The van der Waals surface area contributed by atoms with Crippen LogP contribution in [0.2, 0.25) is 5.02 Å². The predicted octanol–water partition coefficient (Wildman–Crippen LogP) is 4.05. The quantitative estimate of drug-likeness (QED) is 0.795. The number of halogens is 2. The summed E-state index contributed by atoms with van der Waals surface area (Å²) >= 11 is 7.05. The summed E-state index contributed by atoms with van der Waals surface area (Å²) in [5.41, 5.74) is 1.87. The van der Waals surface area contributed by atoms with Crippen LogP contribution in [0.1, 0.15) is 0 Å². The molecule has 0 spiro atoms. The molecule has 1 amide bonds. The van der Waals surface area contributed by atoms with Gasteiger partial charge in [-0.3, -0.25) is 4.79 Å². The number of carbonyl (C=O) groups is 1. The highest BCUT2D eigenvalue weighted by Gasteiger charge is 2.11. The van der Waals surface area contributed by atoms with E-state index >= 15 is 0 Å². The highest BCUT2D eigenvalue weighted by Crippen LogP contribution is 2.24. The van der Waals surface area contributed by atoms with Gasteiger partial charge in [0.25, 0.3) is 0 Å². The summed E-state index contributed by atoms with van der Waals surface area (Å²) in [6.45, 7) is 3.23. The summed E-state index contributed by atoms with van der Waals surface area (Å²) in [5, 5.41) is 2.92. The van der Waals surface area contributed by atoms with Gasteiger partial charge in [0, 0.05) is 29.4 Å². The van der Waals surface area contributed by atoms with E-state index in [0.29, 0.717) is 0 Å². The highest BCUT2D eigenvalue weighted by atomic mass is 35.5. The molecule has 25 heavy (non-hydrogen) atoms. The lowest BCUT2D eigenvalue weighted by molar-refractivity contribution is -0.113. The number of ether oxygens (including phenoxy) is 1. The lowest BCUT2D eigenvalue weighted by Gasteiger charge is -2.28. The number of nitrogens with one attached hydrogen (secondary N) is 1. The van der Waals surface area contributed by atoms with Crippen LogP contribution in [-0.2, 0) is 9.53 Å². The first-order valence-corrected chi connectivity index (χ1v) is 9.28. The molecule has 0 aliphatic carbocycles. The van der Waals surface area contributed by atoms with Gasteiger partial charge in [-0.1, -0.05) is 11.6 Å². The van der Waals surface area contributed by atoms with Crippen molar-refractivity contribution in [2.75, 3.05) is 42.3 Å². The molecule has 0 saturated carbocycles. The molecule has 0 atom stereocenters. The Morgan fingerprint density at radius 2 is 1.92 bits per heavy atom. The molecule has 132 valence electrons. The fourth-order valence-electron chi connectivity index (χ4n) is 2.49. The predicted molar refractivity (Wildman–Crippen MR) is 100 cm³/mol. The zero-order valence-corrected chi connectivity index (χ0v) is 15.1. The average molecular weight is 381 g/mol. The Bertz CT molecular complexity index is 736. The summed E-state index contributed by atoms with van der Waals surface area (Å²) < 4.78 is 18.5. The largest absolute Gasteiger partial charge is 0.378 e. The summed E-state index contributed by atoms with van der Waals surface area (Å²) in [6, 6.07) is 12.2. The Labute approximate surface area is 155 Å². The number of carbonyl (C=O) groups excluding carboxylic acids is 1. The Morgan fingerprint density at radius 1 is 1.20 bits per heavy atom. The molecule has 2 aromatic carbocycles. The van der Waals surface area contributed by atoms with Crippen molar-refractivity contribution in [3.8, 4) is 0 Å². The van der Waals surface area contributed by atoms with Crippen LogP contribution in [0.5, 0.6) is 0 Å². The third-order valence-electron chi connectivity index (χ3n) is 3.79. The van der Waals surface area contributed by atoms with E-state index in [9.17, 15) is 9.18 Å². The number of nitrogens with zero attached hydrogens (tertiary/aromatic N) is 1. The fraction of sp³-hybridized carbons (Fsp3) is 0.278. The minimum absolute atomic E-state index is 0.0594. The van der Waals surface area contributed by atoms with E-state index in [0.717, 1.165) is 42.6 Å². The normalized spacial score (nSPS) is 14.4. The van der Waals surface area contributed by atoms with Gasteiger partial charge < -0.3 is 15.0 Å². The second kappa shape index (κ2) is 8.56. The number of anilines is 2. The van der Waals surface area contributed by atoms with E-state index in [1.54, 1.807) is 6.07 Å². The van der Waals surface area contributed by atoms with Crippen LogP contribution in [0.15, 0.2) is 47.4 Å². The lowest BCUT2D eigenvalue weighted by atomic mass is 10.2. The van der Waals surface area contributed by atoms with Crippen molar-refractivity contribution in [3.63, 3.8) is 0 Å². The molecule has 2 aromatic rings. The molecular formula is C18H18ClFN2O2S. The highest BCUT2D eigenvalue weighted by molar-refractivity contribution is 8.00. The molecule has 0 unspecified atom stereocenters. The number of rotatable bonds is 5. The van der Waals surface area contributed by atoms with Crippen molar-refractivity contribution in [2.45, 2.75) is 4.90 Å². The third-order valence-corrected chi connectivity index (χ3v) is 5.07. The van der Waals surface area contributed by atoms with Crippen molar-refractivity contribution in [1.82, 2.24) is 0 Å². The smallest absolute Gasteiger partial charge is 0.234 e. The summed E-state index contributed by atoms with van der Waals surface area (Å²) in [7, 11) is 0. The van der Waals surface area contributed by atoms with Crippen molar-refractivity contribution in [2.24, 2.45) is 0 Å². The van der Waals surface area contributed by atoms with E-state index in [-0.39, 0.29) is 16.7 Å². The lowest BCUT2D eigenvalue weighted by Crippen LogP contribution is -2.36. The third kappa shape index (κ3) is 5.11. The van der Waals surface area contributed by atoms with E-state index in [1.165, 1.54) is 23.9 Å². The second-order valence-corrected chi connectivity index (χ2v) is 7.02. The van der Waals surface area contributed by atoms with E-state index < -0.39 is 5.82 Å². The van der Waals surface area contributed by atoms with E-state index in [1.807, 2.05) is 24.3 Å². The molecule has 1 N–H and O–H groups in total. The van der Waals surface area contributed by atoms with Crippen LogP contribution < -0.4 is 10.2 Å². The molecule has 0 radical (unpaired) electrons. The molecular weight excluding hydrogens is 363 g/mol. The maximum Gasteiger partial charge on any atom is 0.234 e. The van der Waals surface area contributed by atoms with Crippen LogP contribution in [-0.4, -0.2) is 38.0 Å². The molecule has 1 fully saturated rings. The van der Waals surface area contributed by atoms with Gasteiger partial charge in [-0.2, -0.15) is 0 Å². The van der Waals surface area contributed by atoms with Crippen LogP contribution in [0.4, 0.5) is 15.8 Å². The standard InChI is InChI=1S/C18H18ClFN2O2S/c19-16-11-15(5-6-17(16)20)25-12-18(23)21-13-1-3-14(4-2-13)22-7-9-24-10-8-22/h1-6,11H,7-10,12H2,(H,21,23). The van der Waals surface area contributed by atoms with Gasteiger partial charge in [-0.15, -0.1) is 11.8 Å². The van der Waals surface area contributed by atoms with Crippen LogP contribution in [0.25, 0.3) is 0 Å². The zero-order chi connectivity index (χ0) is 17.6. The summed E-state index contributed by atoms with van der Waals surface area (Å²) in [5.74, 6) is -0.354. The molecule has 0 aromatic heterocycles. The van der Waals surface area contributed by atoms with Crippen molar-refractivity contribution in [3.05, 3.63) is 53.3 Å². The first kappa shape index (κ1) is 18.0. The number of thioether (sulfide) groups is 1. The molecule has 4 nitrogen and oxygen atoms in total. The van der Waals surface area contributed by atoms with Crippen molar-refractivity contribution < 1.29 is 13.9 Å². The maximum absolute atomic E-state index is 13.1. The number of amides is 1. The first-order chi connectivity index (χ1) is 12.1. The minimum Gasteiger partial charge on any atom is -0.378 e. The van der Waals surface area contributed by atoms with Gasteiger partial charge >= 0.3 is 0 Å². The maximum atomic E-state index is 13.1. The molecule has 1 saturated heterocycles. The van der Waals surface area contributed by atoms with Gasteiger partial charge in [0.05, 0.1) is 24.0 Å². The number of benzene rings is 2. The van der Waals surface area contributed by atoms with Crippen LogP contribution in [0, 0.1) is 5.82 Å². The van der Waals surface area contributed by atoms with Gasteiger partial charge in [0.2, 0.25) is 5.91 Å². The first-order valence-electron chi connectivity index (χ1n) is 7.92. The Balaban J connectivity index is 1.51. The number of hydrogen-bond donors (Lipinski definition) is 1. The van der Waals surface area contributed by atoms with Gasteiger partial charge in [-0.25, -0.2) is 4.39 Å². The Hall–Kier alpha value is -1.76. The second-order valence-electron chi connectivity index (χ2n) is 5.56. The van der Waals surface area contributed by atoms with Gasteiger partial charge in [-0.05, 0) is 42.5 Å². The van der Waals surface area contributed by atoms with Crippen LogP contribution in [0.3, 0.4) is 0 Å². The molecule has 0 bridgehead atoms. The van der Waals surface area contributed by atoms with E-state index in [2.05, 4.69) is 10.2 Å². The average Bonchev–Trinajstić information content (AvgIpc) is 2.64. The summed E-state index contributed by atoms with van der Waals surface area (Å²) in [6.07, 6.45) is 0. The number of hydrogen-bond acceptors (Lipinski definition) is 4. The van der Waals surface area contributed by atoms with Gasteiger partial charge in [0.1, 0.15) is 5.82 Å². The topological polar surface area (TPSA) is 41.6 Å². The molecule has 7 heteroatoms. The molecule has 1 aliphatic rings. The van der Waals surface area contributed by atoms with Crippen LogP contribution >= 0.6 is 23.4 Å². The Kier molecular flexibility index (Phi) is 6.18. The van der Waals surface area contributed by atoms with Gasteiger partial charge in [0.15, 0.2) is 0 Å². The molecule has 1 aliphatic heterocycles. The Morgan fingerprint density at radius 3 is 2.60 bits per heavy atom. The SMILES string of the molecule is O=C(CSc1ccc(F)c(Cl)c1)Nc1ccc(N2CCOCC2)cc1. The molecule has 1 heterocycles. The number of morpholine rings is 1. The fourth-order valence-corrected chi connectivity index (χ4v) is 3.47. The van der Waals surface area contributed by atoms with Crippen molar-refractivity contribution >= 4 is 40.6 Å². The van der Waals surface area contributed by atoms with E-state index in [4.69, 9.17) is 16.3 Å². The minimum atomic E-state index is -0.462. The molecule has 3 rings (SSSR count). The summed E-state index contributed by atoms with van der Waals surface area (Å²) in [4.78, 5) is 15.1.